The molecule has 210 valence electrons. The molecule has 0 radical (unpaired) electrons. The smallest absolute Gasteiger partial charge is 0.280 e. The zero-order valence-electron chi connectivity index (χ0n) is 21.5. The van der Waals surface area contributed by atoms with E-state index in [4.69, 9.17) is 19.0 Å². The molecule has 3 aromatic rings. The Morgan fingerprint density at radius 3 is 2.69 bits per heavy atom. The topological polar surface area (TPSA) is 162 Å². The van der Waals surface area contributed by atoms with E-state index >= 15 is 0 Å². The van der Waals surface area contributed by atoms with Gasteiger partial charge in [0.05, 0.1) is 24.7 Å². The fraction of sp³-hybridized carbons (Fsp3) is 0.417. The molecule has 1 aliphatic heterocycles. The number of likely N-dealkylation sites (N-methyl/N-ethyl adjacent to an activating group) is 1. The van der Waals surface area contributed by atoms with Gasteiger partial charge in [0.2, 0.25) is 15.9 Å². The number of hydrogen-bond acceptors (Lipinski definition) is 12. The van der Waals surface area contributed by atoms with Gasteiger partial charge >= 0.3 is 0 Å². The van der Waals surface area contributed by atoms with E-state index in [0.717, 1.165) is 0 Å². The van der Waals surface area contributed by atoms with Gasteiger partial charge in [-0.15, -0.1) is 0 Å². The molecule has 1 amide bonds. The average Bonchev–Trinajstić information content (AvgIpc) is 3.59. The maximum atomic E-state index is 13.3. The van der Waals surface area contributed by atoms with Crippen molar-refractivity contribution in [1.82, 2.24) is 20.0 Å². The summed E-state index contributed by atoms with van der Waals surface area (Å²) in [5.74, 6) is -0.118. The van der Waals surface area contributed by atoms with Crippen molar-refractivity contribution in [3.05, 3.63) is 42.0 Å². The molecule has 1 saturated heterocycles. The van der Waals surface area contributed by atoms with Crippen molar-refractivity contribution in [3.63, 3.8) is 0 Å². The minimum Gasteiger partial charge on any atom is -0.476 e. The molecule has 0 saturated carbocycles. The van der Waals surface area contributed by atoms with Gasteiger partial charge in [-0.25, -0.2) is 23.1 Å². The normalized spacial score (nSPS) is 15.9. The zero-order valence-corrected chi connectivity index (χ0v) is 23.1. The fourth-order valence-electron chi connectivity index (χ4n) is 3.45. The molecule has 39 heavy (non-hydrogen) atoms. The second-order valence-electron chi connectivity index (χ2n) is 8.34. The largest absolute Gasteiger partial charge is 0.476 e. The van der Waals surface area contributed by atoms with Crippen molar-refractivity contribution in [2.75, 3.05) is 59.0 Å². The molecule has 13 nitrogen and oxygen atoms in total. The Balaban J connectivity index is 1.53. The first-order valence-electron chi connectivity index (χ1n) is 12.2. The van der Waals surface area contributed by atoms with Gasteiger partial charge in [-0.1, -0.05) is 28.6 Å². The minimum atomic E-state index is -3.74. The Hall–Kier alpha value is -3.21. The number of amides is 1. The van der Waals surface area contributed by atoms with Crippen molar-refractivity contribution in [2.45, 2.75) is 17.4 Å². The molecular formula is C24H30N6O7S2. The third-order valence-corrected chi connectivity index (χ3v) is 7.84. The first kappa shape index (κ1) is 28.8. The summed E-state index contributed by atoms with van der Waals surface area (Å²) in [5, 5.41) is 10.2. The predicted molar refractivity (Wildman–Crippen MR) is 146 cm³/mol. The first-order chi connectivity index (χ1) is 18.9. The molecule has 15 heteroatoms. The highest BCUT2D eigenvalue weighted by Gasteiger charge is 2.22. The lowest BCUT2D eigenvalue weighted by molar-refractivity contribution is -0.110. The van der Waals surface area contributed by atoms with Crippen LogP contribution in [0.25, 0.3) is 10.3 Å². The molecule has 0 aliphatic carbocycles. The number of benzene rings is 1. The number of carbonyl (C=O) groups is 1. The van der Waals surface area contributed by atoms with Gasteiger partial charge in [0, 0.05) is 38.2 Å². The second-order valence-corrected chi connectivity index (χ2v) is 11.1. The van der Waals surface area contributed by atoms with Crippen LogP contribution in [0, 0.1) is 0 Å². The lowest BCUT2D eigenvalue weighted by atomic mass is 10.1. The van der Waals surface area contributed by atoms with Crippen LogP contribution in [-0.2, 0) is 29.1 Å². The Bertz CT molecular complexity index is 1390. The van der Waals surface area contributed by atoms with E-state index < -0.39 is 15.9 Å². The van der Waals surface area contributed by atoms with Crippen molar-refractivity contribution in [2.24, 2.45) is 5.16 Å². The number of nitrogens with zero attached hydrogens (tertiary/aromatic N) is 3. The molecule has 0 spiro atoms. The molecular weight excluding hydrogens is 548 g/mol. The maximum absolute atomic E-state index is 13.3. The lowest BCUT2D eigenvalue weighted by Crippen LogP contribution is -2.27. The van der Waals surface area contributed by atoms with Crippen LogP contribution in [-0.4, -0.2) is 89.8 Å². The summed E-state index contributed by atoms with van der Waals surface area (Å²) in [6.45, 7) is 2.43. The predicted octanol–water partition coefficient (Wildman–Crippen LogP) is 1.36. The molecule has 1 aliphatic rings. The number of hydrogen-bond donors (Lipinski definition) is 3. The summed E-state index contributed by atoms with van der Waals surface area (Å²) in [6.07, 6.45) is 0.357. The van der Waals surface area contributed by atoms with Gasteiger partial charge < -0.3 is 24.4 Å². The van der Waals surface area contributed by atoms with E-state index in [1.165, 1.54) is 42.7 Å². The number of anilines is 1. The SMILES string of the molecule is CNCCOc1ccc2nc(NC(=O)C(=NO[C@@H]3CCOC3)c3ccc(S(=O)(=O)NCCOC)cc3)sc2n1. The molecule has 0 unspecified atom stereocenters. The van der Waals surface area contributed by atoms with Gasteiger partial charge in [0.1, 0.15) is 17.0 Å². The van der Waals surface area contributed by atoms with Crippen LogP contribution in [0.5, 0.6) is 5.88 Å². The number of ether oxygens (including phenoxy) is 3. The van der Waals surface area contributed by atoms with Crippen LogP contribution >= 0.6 is 11.3 Å². The highest BCUT2D eigenvalue weighted by Crippen LogP contribution is 2.26. The van der Waals surface area contributed by atoms with Crippen molar-refractivity contribution in [1.29, 1.82) is 0 Å². The van der Waals surface area contributed by atoms with Crippen molar-refractivity contribution in [3.8, 4) is 5.88 Å². The van der Waals surface area contributed by atoms with Gasteiger partial charge in [-0.3, -0.25) is 10.1 Å². The highest BCUT2D eigenvalue weighted by atomic mass is 32.2. The molecule has 3 N–H and O–H groups in total. The summed E-state index contributed by atoms with van der Waals surface area (Å²) in [5.41, 5.74) is 0.924. The van der Waals surface area contributed by atoms with E-state index in [1.54, 1.807) is 12.1 Å². The van der Waals surface area contributed by atoms with Gasteiger partial charge in [-0.05, 0) is 25.2 Å². The van der Waals surface area contributed by atoms with Crippen molar-refractivity contribution >= 4 is 48.5 Å². The number of sulfonamides is 1. The van der Waals surface area contributed by atoms with Gasteiger partial charge in [-0.2, -0.15) is 0 Å². The third kappa shape index (κ3) is 7.90. The molecule has 2 aromatic heterocycles. The Morgan fingerprint density at radius 1 is 1.15 bits per heavy atom. The monoisotopic (exact) mass is 578 g/mol. The van der Waals surface area contributed by atoms with Crippen LogP contribution in [0.15, 0.2) is 46.4 Å². The van der Waals surface area contributed by atoms with E-state index in [2.05, 4.69) is 30.5 Å². The number of methoxy groups -OCH3 is 1. The van der Waals surface area contributed by atoms with Crippen LogP contribution in [0.1, 0.15) is 12.0 Å². The van der Waals surface area contributed by atoms with E-state index in [-0.39, 0.29) is 29.9 Å². The number of pyridine rings is 1. The van der Waals surface area contributed by atoms with Crippen molar-refractivity contribution < 1.29 is 32.3 Å². The number of rotatable bonds is 14. The molecule has 1 atom stereocenters. The van der Waals surface area contributed by atoms with Crippen LogP contribution < -0.4 is 20.1 Å². The second kappa shape index (κ2) is 13.7. The Labute approximate surface area is 229 Å². The van der Waals surface area contributed by atoms with E-state index in [0.29, 0.717) is 59.7 Å². The van der Waals surface area contributed by atoms with E-state index in [1.807, 2.05) is 7.05 Å². The third-order valence-electron chi connectivity index (χ3n) is 5.48. The molecule has 1 aromatic carbocycles. The van der Waals surface area contributed by atoms with Crippen LogP contribution in [0.3, 0.4) is 0 Å². The molecule has 3 heterocycles. The number of carbonyl (C=O) groups excluding carboxylic acids is 1. The fourth-order valence-corrected chi connectivity index (χ4v) is 5.29. The van der Waals surface area contributed by atoms with E-state index in [9.17, 15) is 13.2 Å². The van der Waals surface area contributed by atoms with Gasteiger partial charge in [0.25, 0.3) is 5.91 Å². The Morgan fingerprint density at radius 2 is 1.97 bits per heavy atom. The minimum absolute atomic E-state index is 0.0391. The molecule has 0 bridgehead atoms. The van der Waals surface area contributed by atoms with Gasteiger partial charge in [0.15, 0.2) is 16.9 Å². The summed E-state index contributed by atoms with van der Waals surface area (Å²) in [6, 6.07) is 9.25. The summed E-state index contributed by atoms with van der Waals surface area (Å²) < 4.78 is 43.3. The summed E-state index contributed by atoms with van der Waals surface area (Å²) in [4.78, 5) is 28.4. The lowest BCUT2D eigenvalue weighted by Gasteiger charge is -2.11. The van der Waals surface area contributed by atoms with Crippen LogP contribution in [0.4, 0.5) is 5.13 Å². The maximum Gasteiger partial charge on any atom is 0.280 e. The Kier molecular flexibility index (Phi) is 10.1. The number of nitrogens with one attached hydrogen (secondary N) is 3. The highest BCUT2D eigenvalue weighted by molar-refractivity contribution is 7.89. The molecule has 4 rings (SSSR count). The average molecular weight is 579 g/mol. The zero-order chi connectivity index (χ0) is 27.7. The number of thiazole rings is 1. The first-order valence-corrected chi connectivity index (χ1v) is 14.5. The number of oxime groups is 1. The summed E-state index contributed by atoms with van der Waals surface area (Å²) >= 11 is 1.19. The number of fused-ring (bicyclic) bond motifs is 1. The molecule has 1 fully saturated rings. The standard InChI is InChI=1S/C24H30N6O7S2/c1-25-10-14-36-20-8-7-19-23(28-20)38-24(27-19)29-22(31)21(30-37-17-9-12-35-15-17)16-3-5-18(6-4-16)39(32,33)26-11-13-34-2/h3-8,17,25-26H,9-15H2,1-2H3,(H,27,29,31)/t17-/m1/s1. The summed E-state index contributed by atoms with van der Waals surface area (Å²) in [7, 11) is -0.425. The van der Waals surface area contributed by atoms with Crippen LogP contribution in [0.2, 0.25) is 0 Å². The number of aromatic nitrogens is 2. The quantitative estimate of drug-likeness (QED) is 0.145.